The molecule has 0 aliphatic heterocycles. The Morgan fingerprint density at radius 1 is 1.29 bits per heavy atom. The molecule has 2 aromatic heterocycles. The van der Waals surface area contributed by atoms with Gasteiger partial charge in [0.15, 0.2) is 0 Å². The van der Waals surface area contributed by atoms with Crippen LogP contribution in [-0.4, -0.2) is 9.97 Å². The highest BCUT2D eigenvalue weighted by Gasteiger charge is 2.11. The number of pyridine rings is 1. The average molecular weight is 320 g/mol. The number of hydrogen-bond acceptors (Lipinski definition) is 2. The normalized spacial score (nSPS) is 12.7. The summed E-state index contributed by atoms with van der Waals surface area (Å²) in [6, 6.07) is 9.73. The van der Waals surface area contributed by atoms with Crippen molar-refractivity contribution in [1.29, 1.82) is 0 Å². The summed E-state index contributed by atoms with van der Waals surface area (Å²) in [5.41, 5.74) is 3.14. The number of benzene rings is 1. The van der Waals surface area contributed by atoms with Gasteiger partial charge in [0.25, 0.3) is 0 Å². The first-order valence-corrected chi connectivity index (χ1v) is 7.50. The lowest BCUT2D eigenvalue weighted by Gasteiger charge is -2.15. The van der Waals surface area contributed by atoms with Gasteiger partial charge in [-0.3, -0.25) is 0 Å². The molecular weight excluding hydrogens is 305 g/mol. The van der Waals surface area contributed by atoms with Crippen molar-refractivity contribution in [1.82, 2.24) is 15.3 Å². The quantitative estimate of drug-likeness (QED) is 0.730. The number of hydrogen-bond donors (Lipinski definition) is 2. The van der Waals surface area contributed by atoms with Gasteiger partial charge in [0.05, 0.1) is 0 Å². The molecule has 0 saturated carbocycles. The van der Waals surface area contributed by atoms with Gasteiger partial charge in [0.1, 0.15) is 5.65 Å². The molecule has 0 spiro atoms. The summed E-state index contributed by atoms with van der Waals surface area (Å²) in [6.07, 6.45) is 3.77. The van der Waals surface area contributed by atoms with Crippen molar-refractivity contribution in [3.05, 3.63) is 63.9 Å². The summed E-state index contributed by atoms with van der Waals surface area (Å²) in [5.74, 6) is 0. The molecule has 3 aromatic rings. The second-order valence-electron chi connectivity index (χ2n) is 4.98. The van der Waals surface area contributed by atoms with Crippen LogP contribution in [0.4, 0.5) is 0 Å². The van der Waals surface area contributed by atoms with Gasteiger partial charge in [-0.25, -0.2) is 4.98 Å². The van der Waals surface area contributed by atoms with Gasteiger partial charge in [-0.2, -0.15) is 0 Å². The van der Waals surface area contributed by atoms with Crippen LogP contribution in [-0.2, 0) is 6.54 Å². The molecule has 21 heavy (non-hydrogen) atoms. The van der Waals surface area contributed by atoms with E-state index in [9.17, 15) is 0 Å². The second-order valence-corrected chi connectivity index (χ2v) is 5.83. The lowest BCUT2D eigenvalue weighted by molar-refractivity contribution is 0.576. The smallest absolute Gasteiger partial charge is 0.137 e. The Hall–Kier alpha value is -1.55. The van der Waals surface area contributed by atoms with Crippen molar-refractivity contribution in [2.75, 3.05) is 0 Å². The molecule has 0 fully saturated rings. The van der Waals surface area contributed by atoms with Crippen LogP contribution < -0.4 is 5.32 Å². The zero-order chi connectivity index (χ0) is 14.8. The maximum atomic E-state index is 6.24. The first kappa shape index (κ1) is 14.4. The molecule has 0 bridgehead atoms. The van der Waals surface area contributed by atoms with Gasteiger partial charge in [-0.15, -0.1) is 0 Å². The van der Waals surface area contributed by atoms with E-state index < -0.39 is 0 Å². The highest BCUT2D eigenvalue weighted by atomic mass is 35.5. The predicted octanol–water partition coefficient (Wildman–Crippen LogP) is 4.72. The highest BCUT2D eigenvalue weighted by Crippen LogP contribution is 2.26. The summed E-state index contributed by atoms with van der Waals surface area (Å²) in [6.45, 7) is 2.83. The number of aromatic amines is 1. The number of nitrogens with zero attached hydrogens (tertiary/aromatic N) is 1. The summed E-state index contributed by atoms with van der Waals surface area (Å²) < 4.78 is 0. The van der Waals surface area contributed by atoms with E-state index in [1.807, 2.05) is 24.4 Å². The molecule has 2 N–H and O–H groups in total. The standard InChI is InChI=1S/C16H15Cl2N3/c1-10(13-5-4-12(17)7-15(13)18)20-8-11-9-21-16-14(11)3-2-6-19-16/h2-7,9-10,20H,8H2,1H3,(H,19,21). The van der Waals surface area contributed by atoms with Crippen molar-refractivity contribution in [3.63, 3.8) is 0 Å². The zero-order valence-corrected chi connectivity index (χ0v) is 13.0. The number of nitrogens with one attached hydrogen (secondary N) is 2. The molecule has 3 rings (SSSR count). The summed E-state index contributed by atoms with van der Waals surface area (Å²) in [7, 11) is 0. The van der Waals surface area contributed by atoms with Crippen molar-refractivity contribution in [3.8, 4) is 0 Å². The number of fused-ring (bicyclic) bond motifs is 1. The van der Waals surface area contributed by atoms with E-state index in [0.717, 1.165) is 23.1 Å². The van der Waals surface area contributed by atoms with E-state index in [1.54, 1.807) is 12.3 Å². The molecule has 0 amide bonds. The molecule has 0 aliphatic carbocycles. The molecule has 0 radical (unpaired) electrons. The molecule has 1 atom stereocenters. The van der Waals surface area contributed by atoms with E-state index in [-0.39, 0.29) is 6.04 Å². The van der Waals surface area contributed by atoms with Gasteiger partial charge in [-0.05, 0) is 42.3 Å². The molecule has 3 nitrogen and oxygen atoms in total. The minimum atomic E-state index is 0.136. The molecule has 1 aromatic carbocycles. The van der Waals surface area contributed by atoms with Gasteiger partial charge in [-0.1, -0.05) is 29.3 Å². The third kappa shape index (κ3) is 3.05. The Morgan fingerprint density at radius 2 is 2.14 bits per heavy atom. The van der Waals surface area contributed by atoms with Crippen molar-refractivity contribution in [2.45, 2.75) is 19.5 Å². The minimum Gasteiger partial charge on any atom is -0.346 e. The van der Waals surface area contributed by atoms with E-state index in [4.69, 9.17) is 23.2 Å². The van der Waals surface area contributed by atoms with Crippen molar-refractivity contribution < 1.29 is 0 Å². The Balaban J connectivity index is 1.75. The third-order valence-corrected chi connectivity index (χ3v) is 4.13. The molecule has 0 saturated heterocycles. The third-order valence-electron chi connectivity index (χ3n) is 3.56. The second kappa shape index (κ2) is 6.06. The molecule has 1 unspecified atom stereocenters. The summed E-state index contributed by atoms with van der Waals surface area (Å²) in [5, 5.41) is 5.95. The average Bonchev–Trinajstić information content (AvgIpc) is 2.88. The lowest BCUT2D eigenvalue weighted by Crippen LogP contribution is -2.18. The molecule has 2 heterocycles. The largest absolute Gasteiger partial charge is 0.346 e. The Kier molecular flexibility index (Phi) is 4.15. The molecule has 108 valence electrons. The maximum Gasteiger partial charge on any atom is 0.137 e. The van der Waals surface area contributed by atoms with Crippen LogP contribution >= 0.6 is 23.2 Å². The van der Waals surface area contributed by atoms with Gasteiger partial charge in [0.2, 0.25) is 0 Å². The fourth-order valence-electron chi connectivity index (χ4n) is 2.38. The Labute approximate surface area is 133 Å². The van der Waals surface area contributed by atoms with Crippen LogP contribution in [0.25, 0.3) is 11.0 Å². The van der Waals surface area contributed by atoms with Crippen molar-refractivity contribution >= 4 is 34.2 Å². The fourth-order valence-corrected chi connectivity index (χ4v) is 2.96. The first-order valence-electron chi connectivity index (χ1n) is 6.74. The van der Waals surface area contributed by atoms with E-state index in [0.29, 0.717) is 10.0 Å². The fraction of sp³-hybridized carbons (Fsp3) is 0.188. The molecule has 5 heteroatoms. The van der Waals surface area contributed by atoms with Crippen LogP contribution in [0.1, 0.15) is 24.1 Å². The van der Waals surface area contributed by atoms with Crippen LogP contribution in [0.2, 0.25) is 10.0 Å². The Morgan fingerprint density at radius 3 is 2.95 bits per heavy atom. The van der Waals surface area contributed by atoms with Gasteiger partial charge < -0.3 is 10.3 Å². The highest BCUT2D eigenvalue weighted by molar-refractivity contribution is 6.35. The molecule has 0 aliphatic rings. The van der Waals surface area contributed by atoms with Crippen LogP contribution in [0, 0.1) is 0 Å². The monoisotopic (exact) mass is 319 g/mol. The maximum absolute atomic E-state index is 6.24. The first-order chi connectivity index (χ1) is 10.1. The van der Waals surface area contributed by atoms with Crippen LogP contribution in [0.3, 0.4) is 0 Å². The van der Waals surface area contributed by atoms with E-state index in [2.05, 4.69) is 28.3 Å². The van der Waals surface area contributed by atoms with Crippen LogP contribution in [0.5, 0.6) is 0 Å². The van der Waals surface area contributed by atoms with Gasteiger partial charge in [0, 0.05) is 40.4 Å². The topological polar surface area (TPSA) is 40.7 Å². The Bertz CT molecular complexity index is 767. The number of aromatic nitrogens is 2. The van der Waals surface area contributed by atoms with Crippen molar-refractivity contribution in [2.24, 2.45) is 0 Å². The number of H-pyrrole nitrogens is 1. The predicted molar refractivity (Wildman–Crippen MR) is 87.8 cm³/mol. The molecular formula is C16H15Cl2N3. The number of rotatable bonds is 4. The summed E-state index contributed by atoms with van der Waals surface area (Å²) in [4.78, 5) is 7.47. The minimum absolute atomic E-state index is 0.136. The number of halogens is 2. The summed E-state index contributed by atoms with van der Waals surface area (Å²) >= 11 is 12.2. The SMILES string of the molecule is CC(NCc1c[nH]c2ncccc12)c1ccc(Cl)cc1Cl. The van der Waals surface area contributed by atoms with E-state index in [1.165, 1.54) is 5.56 Å². The lowest BCUT2D eigenvalue weighted by atomic mass is 10.1. The zero-order valence-electron chi connectivity index (χ0n) is 11.5. The van der Waals surface area contributed by atoms with E-state index >= 15 is 0 Å². The van der Waals surface area contributed by atoms with Crippen LogP contribution in [0.15, 0.2) is 42.7 Å². The van der Waals surface area contributed by atoms with Gasteiger partial charge >= 0.3 is 0 Å².